The van der Waals surface area contributed by atoms with Crippen molar-refractivity contribution in [2.45, 2.75) is 319 Å². The summed E-state index contributed by atoms with van der Waals surface area (Å²) in [5.41, 5.74) is 3.61. The van der Waals surface area contributed by atoms with E-state index in [-0.39, 0.29) is 46.3 Å². The van der Waals surface area contributed by atoms with Crippen LogP contribution in [-0.4, -0.2) is 75.1 Å². The first-order valence-corrected chi connectivity index (χ1v) is 49.9. The first-order chi connectivity index (χ1) is 48.9. The zero-order chi connectivity index (χ0) is 71.5. The van der Waals surface area contributed by atoms with Crippen LogP contribution in [0.1, 0.15) is 341 Å². The maximum atomic E-state index is 16.7. The molecule has 0 saturated carbocycles. The predicted molar refractivity (Wildman–Crippen MR) is 407 cm³/mol. The van der Waals surface area contributed by atoms with E-state index in [1.54, 1.807) is 0 Å². The average Bonchev–Trinajstić information content (AvgIpc) is 1.42. The SMILES string of the molecule is CCCCCCCCC1=C(CCCCCCCC)C(=O)[O][Sn]([O]C(=O)/C(CCCCCCCC)=C(/CCCCCCCC)C(=O)[O][Sn]2([CH](c3ccccc3)c3ccccc3)[O]C(=O)C(CCCCCCCC)=C(CCCCCCCC)C(=O)[O]2)([CH](c2ccccc2)c2ccccc2)[O]C1=O. The molecule has 0 unspecified atom stereocenters. The molecular formula is C86H124O12Sn2. The molecule has 0 bridgehead atoms. The van der Waals surface area contributed by atoms with Crippen molar-refractivity contribution in [1.29, 1.82) is 0 Å². The molecule has 12 nitrogen and oxygen atoms in total. The van der Waals surface area contributed by atoms with Crippen LogP contribution in [0.4, 0.5) is 0 Å². The van der Waals surface area contributed by atoms with Gasteiger partial charge in [-0.25, -0.2) is 0 Å². The van der Waals surface area contributed by atoms with Crippen LogP contribution < -0.4 is 0 Å². The van der Waals surface area contributed by atoms with Crippen LogP contribution in [0.25, 0.3) is 0 Å². The summed E-state index contributed by atoms with van der Waals surface area (Å²) in [7, 11) is 0. The summed E-state index contributed by atoms with van der Waals surface area (Å²) in [6.07, 6.45) is 34.6. The molecule has 0 fully saturated rings. The van der Waals surface area contributed by atoms with Gasteiger partial charge < -0.3 is 0 Å². The van der Waals surface area contributed by atoms with Gasteiger partial charge in [0.15, 0.2) is 0 Å². The van der Waals surface area contributed by atoms with Crippen molar-refractivity contribution in [3.05, 3.63) is 177 Å². The first kappa shape index (κ1) is 83.5. The molecule has 4 aromatic rings. The Labute approximate surface area is 613 Å². The molecule has 0 atom stereocenters. The number of carbonyl (C=O) groups excluding carboxylic acids is 6. The molecule has 4 aromatic carbocycles. The number of benzene rings is 4. The van der Waals surface area contributed by atoms with Gasteiger partial charge in [-0.05, 0) is 0 Å². The predicted octanol–water partition coefficient (Wildman–Crippen LogP) is 23.3. The fourth-order valence-corrected chi connectivity index (χ4v) is 30.3. The van der Waals surface area contributed by atoms with Crippen molar-refractivity contribution in [1.82, 2.24) is 0 Å². The van der Waals surface area contributed by atoms with E-state index < -0.39 is 82.9 Å². The minimum absolute atomic E-state index is 0.00300. The van der Waals surface area contributed by atoms with Crippen LogP contribution in [0.3, 0.4) is 0 Å². The fourth-order valence-electron chi connectivity index (χ4n) is 14.2. The van der Waals surface area contributed by atoms with Gasteiger partial charge in [-0.1, -0.05) is 0 Å². The average molecular weight is 1590 g/mol. The van der Waals surface area contributed by atoms with E-state index in [1.807, 2.05) is 121 Å². The summed E-state index contributed by atoms with van der Waals surface area (Å²) in [4.78, 5) is 96.3. The fraction of sp³-hybridized carbons (Fsp3) is 0.581. The standard InChI is InChI=1S/3C20H36O4.2C13H11.2Sn/c3*1-3-5-7-9-11-13-15-17(19(21)22)18(20(23)24)16-14-12-10-8-6-4-2;2*1-3-7-12(8-4-1)11-13-9-5-2-6-10-13;;/h3*3-16H2,1-2H3,(H,21,22)(H,23,24);2*1-11H;;/q;;;;;2*+3/p-6/b18-17-;;;;;;. The van der Waals surface area contributed by atoms with Gasteiger partial charge in [-0.2, -0.15) is 0 Å². The molecular weight excluding hydrogens is 1460 g/mol. The van der Waals surface area contributed by atoms with E-state index >= 15 is 28.8 Å². The number of carbonyl (C=O) groups is 6. The Balaban J connectivity index is 1.60. The second kappa shape index (κ2) is 48.5. The molecule has 100 heavy (non-hydrogen) atoms. The third kappa shape index (κ3) is 27.3. The number of rotatable bonds is 52. The van der Waals surface area contributed by atoms with Crippen LogP contribution in [0.15, 0.2) is 155 Å². The van der Waals surface area contributed by atoms with Crippen molar-refractivity contribution in [3.63, 3.8) is 0 Å². The van der Waals surface area contributed by atoms with E-state index in [1.165, 1.54) is 0 Å². The third-order valence-electron chi connectivity index (χ3n) is 19.9. The Hall–Kier alpha value is -5.48. The van der Waals surface area contributed by atoms with Gasteiger partial charge in [-0.15, -0.1) is 0 Å². The zero-order valence-corrected chi connectivity index (χ0v) is 68.0. The molecule has 548 valence electrons. The number of unbranched alkanes of at least 4 members (excludes halogenated alkanes) is 30. The Morgan fingerprint density at radius 1 is 0.280 bits per heavy atom. The molecule has 0 N–H and O–H groups in total. The summed E-state index contributed by atoms with van der Waals surface area (Å²) >= 11 is -12.8. The van der Waals surface area contributed by atoms with Crippen LogP contribution in [0, 0.1) is 0 Å². The van der Waals surface area contributed by atoms with E-state index in [0.29, 0.717) is 86.5 Å². The van der Waals surface area contributed by atoms with Gasteiger partial charge in [0.05, 0.1) is 0 Å². The van der Waals surface area contributed by atoms with Gasteiger partial charge in [0, 0.05) is 0 Å². The first-order valence-electron chi connectivity index (χ1n) is 39.7. The third-order valence-corrected chi connectivity index (χ3v) is 35.8. The molecule has 0 amide bonds. The van der Waals surface area contributed by atoms with Gasteiger partial charge in [0.25, 0.3) is 0 Å². The summed E-state index contributed by atoms with van der Waals surface area (Å²) < 4.78 is 40.4. The summed E-state index contributed by atoms with van der Waals surface area (Å²) in [6.45, 7) is 13.1. The topological polar surface area (TPSA) is 158 Å². The Morgan fingerprint density at radius 3 is 0.680 bits per heavy atom. The molecule has 2 aliphatic heterocycles. The Kier molecular flexibility index (Phi) is 40.4. The summed E-state index contributed by atoms with van der Waals surface area (Å²) in [5.74, 6) is -4.74. The summed E-state index contributed by atoms with van der Waals surface area (Å²) in [6, 6.07) is 37.6. The Bertz CT molecular complexity index is 2770. The van der Waals surface area contributed by atoms with E-state index in [9.17, 15) is 0 Å². The van der Waals surface area contributed by atoms with Crippen LogP contribution >= 0.6 is 0 Å². The molecule has 6 rings (SSSR count). The van der Waals surface area contributed by atoms with Gasteiger partial charge in [-0.3, -0.25) is 0 Å². The van der Waals surface area contributed by atoms with Crippen molar-refractivity contribution < 1.29 is 47.2 Å². The van der Waals surface area contributed by atoms with E-state index in [4.69, 9.17) is 18.4 Å². The molecule has 0 spiro atoms. The molecule has 0 aromatic heterocycles. The monoisotopic (exact) mass is 1590 g/mol. The Morgan fingerprint density at radius 2 is 0.470 bits per heavy atom. The minimum atomic E-state index is -6.39. The van der Waals surface area contributed by atoms with Crippen LogP contribution in [0.5, 0.6) is 0 Å². The van der Waals surface area contributed by atoms with Crippen molar-refractivity contribution >= 4 is 75.1 Å². The van der Waals surface area contributed by atoms with Crippen molar-refractivity contribution in [3.8, 4) is 0 Å². The van der Waals surface area contributed by atoms with E-state index in [0.717, 1.165) is 193 Å². The van der Waals surface area contributed by atoms with Crippen molar-refractivity contribution in [2.75, 3.05) is 0 Å². The number of hydrogen-bond acceptors (Lipinski definition) is 12. The van der Waals surface area contributed by atoms with Gasteiger partial charge in [0.2, 0.25) is 0 Å². The van der Waals surface area contributed by atoms with E-state index in [2.05, 4.69) is 41.5 Å². The second-order valence-corrected chi connectivity index (χ2v) is 41.7. The second-order valence-electron chi connectivity index (χ2n) is 28.0. The quantitative estimate of drug-likeness (QED) is 0.0234. The summed E-state index contributed by atoms with van der Waals surface area (Å²) in [5, 5.41) is 0. The van der Waals surface area contributed by atoms with Crippen LogP contribution in [0.2, 0.25) is 0 Å². The van der Waals surface area contributed by atoms with Crippen molar-refractivity contribution in [2.24, 2.45) is 0 Å². The molecule has 0 saturated heterocycles. The molecule has 0 radical (unpaired) electrons. The molecule has 14 heteroatoms. The molecule has 2 heterocycles. The normalized spacial score (nSPS) is 14.9. The van der Waals surface area contributed by atoms with Gasteiger partial charge in [0.1, 0.15) is 0 Å². The number of hydrogen-bond donors (Lipinski definition) is 0. The van der Waals surface area contributed by atoms with Crippen LogP contribution in [-0.2, 0) is 47.2 Å². The zero-order valence-electron chi connectivity index (χ0n) is 62.3. The molecule has 2 aliphatic rings. The maximum absolute atomic E-state index is 16.7. The molecule has 0 aliphatic carbocycles. The van der Waals surface area contributed by atoms with Gasteiger partial charge >= 0.3 is 618 Å².